The summed E-state index contributed by atoms with van der Waals surface area (Å²) in [4.78, 5) is 5.15. The van der Waals surface area contributed by atoms with Gasteiger partial charge in [-0.25, -0.2) is 0 Å². The molecule has 0 heterocycles. The van der Waals surface area contributed by atoms with Crippen molar-refractivity contribution in [3.8, 4) is 22.3 Å². The Kier molecular flexibility index (Phi) is 8.00. The first kappa shape index (κ1) is 35.6. The van der Waals surface area contributed by atoms with Crippen LogP contribution in [0, 0.1) is 11.8 Å². The molecule has 0 aliphatic heterocycles. The molecule has 1 fully saturated rings. The fourth-order valence-corrected chi connectivity index (χ4v) is 12.5. The molecule has 4 aliphatic carbocycles. The van der Waals surface area contributed by atoms with Crippen molar-refractivity contribution in [2.45, 2.75) is 37.5 Å². The Hall–Kier alpha value is -7.16. The topological polar surface area (TPSA) is 6.48 Å². The zero-order valence-corrected chi connectivity index (χ0v) is 34.7. The lowest BCUT2D eigenvalue weighted by molar-refractivity contribution is 0.350. The van der Waals surface area contributed by atoms with E-state index in [4.69, 9.17) is 0 Å². The predicted octanol–water partition coefficient (Wildman–Crippen LogP) is 15.4. The van der Waals surface area contributed by atoms with E-state index in [2.05, 4.69) is 216 Å². The van der Waals surface area contributed by atoms with E-state index in [0.717, 1.165) is 19.3 Å². The molecule has 4 aliphatic rings. The van der Waals surface area contributed by atoms with Crippen molar-refractivity contribution >= 4 is 44.9 Å². The van der Waals surface area contributed by atoms with Gasteiger partial charge in [-0.15, -0.1) is 0 Å². The first-order valence-corrected chi connectivity index (χ1v) is 22.5. The molecular weight excluding hydrogens is 749 g/mol. The second kappa shape index (κ2) is 13.9. The average Bonchev–Trinajstić information content (AvgIpc) is 4.07. The molecule has 1 saturated carbocycles. The van der Waals surface area contributed by atoms with E-state index in [9.17, 15) is 0 Å². The Balaban J connectivity index is 0.989. The zero-order chi connectivity index (χ0) is 40.8. The monoisotopic (exact) mass is 794 g/mol. The van der Waals surface area contributed by atoms with Crippen molar-refractivity contribution in [2.24, 2.45) is 11.8 Å². The van der Waals surface area contributed by atoms with Crippen LogP contribution in [0.1, 0.15) is 46.2 Å². The highest BCUT2D eigenvalue weighted by Gasteiger charge is 2.62. The number of rotatable bonds is 7. The van der Waals surface area contributed by atoms with Crippen molar-refractivity contribution in [1.82, 2.24) is 0 Å². The van der Waals surface area contributed by atoms with Crippen LogP contribution < -0.4 is 9.80 Å². The summed E-state index contributed by atoms with van der Waals surface area (Å²) in [6.45, 7) is 0. The summed E-state index contributed by atoms with van der Waals surface area (Å²) in [5.41, 5.74) is 21.5. The van der Waals surface area contributed by atoms with Gasteiger partial charge in [0.05, 0.1) is 11.4 Å². The second-order valence-corrected chi connectivity index (χ2v) is 18.0. The minimum atomic E-state index is -0.115. The highest BCUT2D eigenvalue weighted by Crippen LogP contribution is 2.69. The molecule has 0 bridgehead atoms. The van der Waals surface area contributed by atoms with Crippen LogP contribution in [0.5, 0.6) is 0 Å². The number of benzene rings is 9. The average molecular weight is 795 g/mol. The van der Waals surface area contributed by atoms with Crippen LogP contribution >= 0.6 is 0 Å². The summed E-state index contributed by atoms with van der Waals surface area (Å²) < 4.78 is 0. The van der Waals surface area contributed by atoms with Gasteiger partial charge in [0.25, 0.3) is 0 Å². The van der Waals surface area contributed by atoms with Crippen LogP contribution in [0.3, 0.4) is 0 Å². The van der Waals surface area contributed by atoms with E-state index < -0.39 is 0 Å². The third kappa shape index (κ3) is 5.29. The molecule has 3 unspecified atom stereocenters. The predicted molar refractivity (Wildman–Crippen MR) is 258 cm³/mol. The smallest absolute Gasteiger partial charge is 0.0505 e. The van der Waals surface area contributed by atoms with Crippen molar-refractivity contribution in [3.05, 3.63) is 240 Å². The molecular formula is C60H46N2. The minimum Gasteiger partial charge on any atom is -0.310 e. The quantitative estimate of drug-likeness (QED) is 0.159. The van der Waals surface area contributed by atoms with Gasteiger partial charge >= 0.3 is 0 Å². The molecule has 0 saturated heterocycles. The van der Waals surface area contributed by atoms with Gasteiger partial charge in [0.1, 0.15) is 0 Å². The van der Waals surface area contributed by atoms with Crippen LogP contribution in [-0.4, -0.2) is 0 Å². The second-order valence-electron chi connectivity index (χ2n) is 18.0. The van der Waals surface area contributed by atoms with Gasteiger partial charge in [-0.05, 0) is 177 Å². The van der Waals surface area contributed by atoms with E-state index in [1.165, 1.54) is 102 Å². The Morgan fingerprint density at radius 1 is 0.355 bits per heavy atom. The molecule has 13 rings (SSSR count). The molecule has 2 nitrogen and oxygen atoms in total. The summed E-state index contributed by atoms with van der Waals surface area (Å²) in [5, 5.41) is 2.54. The number of anilines is 6. The fourth-order valence-electron chi connectivity index (χ4n) is 12.5. The normalized spacial score (nSPS) is 18.7. The van der Waals surface area contributed by atoms with Crippen molar-refractivity contribution in [3.63, 3.8) is 0 Å². The Bertz CT molecular complexity index is 3180. The summed E-state index contributed by atoms with van der Waals surface area (Å²) in [5.74, 6) is 1.07. The van der Waals surface area contributed by atoms with Gasteiger partial charge in [-0.2, -0.15) is 0 Å². The molecule has 2 heteroatoms. The highest BCUT2D eigenvalue weighted by atomic mass is 15.2. The van der Waals surface area contributed by atoms with Gasteiger partial charge in [0.2, 0.25) is 0 Å². The molecule has 0 amide bonds. The molecule has 0 radical (unpaired) electrons. The van der Waals surface area contributed by atoms with E-state index in [-0.39, 0.29) is 5.41 Å². The minimum absolute atomic E-state index is 0.115. The van der Waals surface area contributed by atoms with Crippen molar-refractivity contribution in [2.75, 3.05) is 9.80 Å². The molecule has 296 valence electrons. The number of hydrogen-bond donors (Lipinski definition) is 0. The lowest BCUT2D eigenvalue weighted by atomic mass is 9.68. The maximum absolute atomic E-state index is 2.59. The highest BCUT2D eigenvalue weighted by molar-refractivity contribution is 5.90. The third-order valence-electron chi connectivity index (χ3n) is 14.9. The van der Waals surface area contributed by atoms with Gasteiger partial charge in [0, 0.05) is 28.2 Å². The molecule has 0 N–H and O–H groups in total. The van der Waals surface area contributed by atoms with E-state index >= 15 is 0 Å². The number of para-hydroxylation sites is 2. The fraction of sp³-hybridized carbons (Fsp3) is 0.133. The molecule has 9 aromatic rings. The van der Waals surface area contributed by atoms with Crippen LogP contribution in [-0.2, 0) is 24.7 Å². The maximum Gasteiger partial charge on any atom is 0.0505 e. The van der Waals surface area contributed by atoms with Crippen molar-refractivity contribution in [1.29, 1.82) is 0 Å². The number of fused-ring (bicyclic) bond motifs is 6. The molecule has 0 aromatic heterocycles. The summed E-state index contributed by atoms with van der Waals surface area (Å²) in [6.07, 6.45) is 5.70. The third-order valence-corrected chi connectivity index (χ3v) is 14.9. The molecule has 9 aromatic carbocycles. The van der Waals surface area contributed by atoms with E-state index in [1.807, 2.05) is 0 Å². The Morgan fingerprint density at radius 3 is 1.55 bits per heavy atom. The van der Waals surface area contributed by atoms with Gasteiger partial charge in [0.15, 0.2) is 0 Å². The van der Waals surface area contributed by atoms with Gasteiger partial charge in [-0.3, -0.25) is 0 Å². The Morgan fingerprint density at radius 2 is 0.871 bits per heavy atom. The summed E-state index contributed by atoms with van der Waals surface area (Å²) in [7, 11) is 0. The Labute approximate surface area is 364 Å². The number of hydrogen-bond acceptors (Lipinski definition) is 2. The molecule has 1 spiro atoms. The van der Waals surface area contributed by atoms with Crippen LogP contribution in [0.15, 0.2) is 206 Å². The van der Waals surface area contributed by atoms with Gasteiger partial charge in [-0.1, -0.05) is 140 Å². The van der Waals surface area contributed by atoms with Crippen LogP contribution in [0.2, 0.25) is 0 Å². The van der Waals surface area contributed by atoms with Crippen molar-refractivity contribution < 1.29 is 0 Å². The van der Waals surface area contributed by atoms with Gasteiger partial charge < -0.3 is 9.80 Å². The van der Waals surface area contributed by atoms with Crippen LogP contribution in [0.25, 0.3) is 33.0 Å². The molecule has 62 heavy (non-hydrogen) atoms. The lowest BCUT2D eigenvalue weighted by Gasteiger charge is -2.40. The maximum atomic E-state index is 2.59. The van der Waals surface area contributed by atoms with Crippen LogP contribution in [0.4, 0.5) is 34.1 Å². The largest absolute Gasteiger partial charge is 0.310 e. The standard InChI is InChI=1S/C60H46N2/c1-3-18-50(19-4-1)61(52-31-27-41(28-32-52)43-26-25-40-13-7-8-14-42(40)35-43)56-23-11-16-45-37-48-29-30-49-38-46-17-12-24-57(59(46)60(48,49)58(45)56)62(51-20-5-2-6-21-51)53-33-34-55-47(39-53)36-44-15-9-10-22-54(44)55/h1-28,31-35,39,48-49H,29-30,36-38H2. The summed E-state index contributed by atoms with van der Waals surface area (Å²) >= 11 is 0. The lowest BCUT2D eigenvalue weighted by Crippen LogP contribution is -2.34. The SMILES string of the molecule is c1ccc(N(c2ccc(-c3ccc4ccccc4c3)cc2)c2cccc3c2C24c5c(cccc5N(c5ccccc5)c5ccc6c(c5)Cc5ccccc5-6)CC2CCC4C3)cc1. The first-order chi connectivity index (χ1) is 30.7. The zero-order valence-electron chi connectivity index (χ0n) is 34.7. The van der Waals surface area contributed by atoms with E-state index in [0.29, 0.717) is 11.8 Å². The molecule has 3 atom stereocenters. The van der Waals surface area contributed by atoms with E-state index in [1.54, 1.807) is 11.1 Å². The first-order valence-electron chi connectivity index (χ1n) is 22.5. The number of nitrogens with zero attached hydrogens (tertiary/aromatic N) is 2. The summed E-state index contributed by atoms with van der Waals surface area (Å²) in [6, 6.07) is 77.5.